The van der Waals surface area contributed by atoms with Gasteiger partial charge in [-0.3, -0.25) is 4.79 Å². The van der Waals surface area contributed by atoms with Gasteiger partial charge in [0.2, 0.25) is 5.91 Å². The van der Waals surface area contributed by atoms with Gasteiger partial charge in [-0.2, -0.15) is 0 Å². The minimum Gasteiger partial charge on any atom is -0.375 e. The van der Waals surface area contributed by atoms with Crippen LogP contribution >= 0.6 is 0 Å². The Balaban J connectivity index is 1.62. The Hall–Kier alpha value is -1.30. The molecule has 2 heterocycles. The number of hydrogen-bond donors (Lipinski definition) is 0. The zero-order valence-corrected chi connectivity index (χ0v) is 12.8. The first-order valence-corrected chi connectivity index (χ1v) is 8.04. The van der Waals surface area contributed by atoms with Gasteiger partial charge < -0.3 is 19.4 Å². The lowest BCUT2D eigenvalue weighted by atomic mass is 9.94. The second-order valence-electron chi connectivity index (χ2n) is 6.35. The van der Waals surface area contributed by atoms with Crippen LogP contribution in [-0.2, 0) is 9.53 Å². The summed E-state index contributed by atoms with van der Waals surface area (Å²) < 4.78 is 4.92. The van der Waals surface area contributed by atoms with Gasteiger partial charge in [0.1, 0.15) is 6.61 Å². The van der Waals surface area contributed by atoms with Crippen LogP contribution in [0.15, 0.2) is 0 Å². The summed E-state index contributed by atoms with van der Waals surface area (Å²) in [5, 5.41) is 0. The highest BCUT2D eigenvalue weighted by molar-refractivity contribution is 5.80. The van der Waals surface area contributed by atoms with E-state index in [4.69, 9.17) is 4.74 Å². The molecule has 1 saturated carbocycles. The van der Waals surface area contributed by atoms with Gasteiger partial charge in [-0.25, -0.2) is 4.79 Å². The first-order valence-electron chi connectivity index (χ1n) is 8.04. The molecule has 0 N–H and O–H groups in total. The van der Waals surface area contributed by atoms with Crippen molar-refractivity contribution in [2.45, 2.75) is 44.2 Å². The van der Waals surface area contributed by atoms with Crippen molar-refractivity contribution in [1.29, 1.82) is 0 Å². The van der Waals surface area contributed by atoms with Gasteiger partial charge in [0.05, 0.1) is 6.04 Å². The van der Waals surface area contributed by atoms with Crippen LogP contribution in [-0.4, -0.2) is 78.6 Å². The predicted molar refractivity (Wildman–Crippen MR) is 77.9 cm³/mol. The van der Waals surface area contributed by atoms with E-state index in [2.05, 4.69) is 4.90 Å². The summed E-state index contributed by atoms with van der Waals surface area (Å²) in [7, 11) is 1.54. The molecule has 0 aromatic rings. The third-order valence-corrected chi connectivity index (χ3v) is 5.02. The van der Waals surface area contributed by atoms with Crippen molar-refractivity contribution in [3.63, 3.8) is 0 Å². The number of ether oxygens (including phenoxy) is 1. The number of carbonyl (C=O) groups is 2. The monoisotopic (exact) mass is 295 g/mol. The van der Waals surface area contributed by atoms with E-state index in [0.717, 1.165) is 19.4 Å². The smallest absolute Gasteiger partial charge is 0.320 e. The summed E-state index contributed by atoms with van der Waals surface area (Å²) in [6.45, 7) is 2.84. The maximum Gasteiger partial charge on any atom is 0.320 e. The molecule has 3 fully saturated rings. The van der Waals surface area contributed by atoms with Crippen LogP contribution in [0.25, 0.3) is 0 Å². The zero-order chi connectivity index (χ0) is 14.8. The summed E-state index contributed by atoms with van der Waals surface area (Å²) in [5.74, 6) is 0.0284. The van der Waals surface area contributed by atoms with Gasteiger partial charge in [0.25, 0.3) is 0 Å². The molecule has 0 aromatic heterocycles. The Morgan fingerprint density at radius 1 is 1.10 bits per heavy atom. The molecule has 0 radical (unpaired) electrons. The van der Waals surface area contributed by atoms with Crippen LogP contribution in [0.3, 0.4) is 0 Å². The summed E-state index contributed by atoms with van der Waals surface area (Å²) in [6, 6.07) is 0.764. The third kappa shape index (κ3) is 2.86. The fraction of sp³-hybridized carbons (Fsp3) is 0.867. The molecule has 1 atom stereocenters. The second kappa shape index (κ2) is 6.22. The molecule has 3 rings (SSSR count). The molecule has 2 saturated heterocycles. The zero-order valence-electron chi connectivity index (χ0n) is 12.8. The molecule has 118 valence electrons. The summed E-state index contributed by atoms with van der Waals surface area (Å²) in [5.41, 5.74) is 0. The van der Waals surface area contributed by atoms with Crippen LogP contribution < -0.4 is 0 Å². The van der Waals surface area contributed by atoms with Crippen LogP contribution in [0.1, 0.15) is 32.1 Å². The van der Waals surface area contributed by atoms with E-state index in [9.17, 15) is 9.59 Å². The Labute approximate surface area is 126 Å². The molecule has 3 aliphatic rings. The number of fused-ring (bicyclic) bond motifs is 1. The SMILES string of the molecule is COCC(=O)N1CCN2C(=O)N(C3CCCCC3)C[C@H]2C1. The molecule has 2 aliphatic heterocycles. The van der Waals surface area contributed by atoms with Crippen LogP contribution in [0, 0.1) is 0 Å². The molecular formula is C15H25N3O3. The molecule has 6 heteroatoms. The highest BCUT2D eigenvalue weighted by atomic mass is 16.5. The number of nitrogens with zero attached hydrogens (tertiary/aromatic N) is 3. The highest BCUT2D eigenvalue weighted by Gasteiger charge is 2.43. The number of carbonyl (C=O) groups excluding carboxylic acids is 2. The standard InChI is InChI=1S/C15H25N3O3/c1-21-11-14(19)16-7-8-17-13(9-16)10-18(15(17)20)12-5-3-2-4-6-12/h12-13H,2-11H2,1H3/t13-/m1/s1. The highest BCUT2D eigenvalue weighted by Crippen LogP contribution is 2.29. The first kappa shape index (κ1) is 14.6. The number of piperazine rings is 1. The quantitative estimate of drug-likeness (QED) is 0.778. The van der Waals surface area contributed by atoms with Crippen molar-refractivity contribution in [1.82, 2.24) is 14.7 Å². The van der Waals surface area contributed by atoms with Crippen LogP contribution in [0.4, 0.5) is 4.79 Å². The van der Waals surface area contributed by atoms with Crippen LogP contribution in [0.2, 0.25) is 0 Å². The molecule has 6 nitrogen and oxygen atoms in total. The molecular weight excluding hydrogens is 270 g/mol. The molecule has 1 aliphatic carbocycles. The minimum absolute atomic E-state index is 0.0284. The summed E-state index contributed by atoms with van der Waals surface area (Å²) >= 11 is 0. The van der Waals surface area contributed by atoms with E-state index < -0.39 is 0 Å². The number of rotatable bonds is 3. The van der Waals surface area contributed by atoms with E-state index in [0.29, 0.717) is 25.7 Å². The topological polar surface area (TPSA) is 53.1 Å². The fourth-order valence-corrected chi connectivity index (χ4v) is 3.87. The lowest BCUT2D eigenvalue weighted by Crippen LogP contribution is -2.54. The molecule has 21 heavy (non-hydrogen) atoms. The molecule has 3 amide bonds. The summed E-state index contributed by atoms with van der Waals surface area (Å²) in [6.07, 6.45) is 6.04. The third-order valence-electron chi connectivity index (χ3n) is 5.02. The van der Waals surface area contributed by atoms with E-state index in [1.807, 2.05) is 9.80 Å². The maximum atomic E-state index is 12.6. The summed E-state index contributed by atoms with van der Waals surface area (Å²) in [4.78, 5) is 30.4. The molecule has 0 aromatic carbocycles. The average molecular weight is 295 g/mol. The lowest BCUT2D eigenvalue weighted by Gasteiger charge is -2.36. The molecule has 0 spiro atoms. The van der Waals surface area contributed by atoms with E-state index >= 15 is 0 Å². The predicted octanol–water partition coefficient (Wildman–Crippen LogP) is 0.914. The van der Waals surface area contributed by atoms with Crippen molar-refractivity contribution < 1.29 is 14.3 Å². The minimum atomic E-state index is 0.0284. The Morgan fingerprint density at radius 3 is 2.57 bits per heavy atom. The second-order valence-corrected chi connectivity index (χ2v) is 6.35. The van der Waals surface area contributed by atoms with Crippen molar-refractivity contribution in [2.75, 3.05) is 39.9 Å². The van der Waals surface area contributed by atoms with E-state index in [1.165, 1.54) is 26.4 Å². The van der Waals surface area contributed by atoms with E-state index in [-0.39, 0.29) is 24.6 Å². The van der Waals surface area contributed by atoms with Crippen molar-refractivity contribution in [3.8, 4) is 0 Å². The van der Waals surface area contributed by atoms with Crippen molar-refractivity contribution in [2.24, 2.45) is 0 Å². The first-order chi connectivity index (χ1) is 10.2. The average Bonchev–Trinajstić information content (AvgIpc) is 2.85. The van der Waals surface area contributed by atoms with Crippen molar-refractivity contribution >= 4 is 11.9 Å². The Bertz CT molecular complexity index is 409. The molecule has 0 unspecified atom stereocenters. The lowest BCUT2D eigenvalue weighted by molar-refractivity contribution is -0.137. The normalized spacial score (nSPS) is 27.2. The number of urea groups is 1. The van der Waals surface area contributed by atoms with E-state index in [1.54, 1.807) is 0 Å². The van der Waals surface area contributed by atoms with Gasteiger partial charge in [0, 0.05) is 39.3 Å². The fourth-order valence-electron chi connectivity index (χ4n) is 3.87. The number of hydrogen-bond acceptors (Lipinski definition) is 3. The Kier molecular flexibility index (Phi) is 4.33. The maximum absolute atomic E-state index is 12.6. The van der Waals surface area contributed by atoms with Gasteiger partial charge in [0.15, 0.2) is 0 Å². The van der Waals surface area contributed by atoms with Gasteiger partial charge in [-0.1, -0.05) is 19.3 Å². The molecule has 0 bridgehead atoms. The van der Waals surface area contributed by atoms with Crippen molar-refractivity contribution in [3.05, 3.63) is 0 Å². The van der Waals surface area contributed by atoms with Gasteiger partial charge in [-0.05, 0) is 12.8 Å². The van der Waals surface area contributed by atoms with Crippen LogP contribution in [0.5, 0.6) is 0 Å². The van der Waals surface area contributed by atoms with Gasteiger partial charge in [-0.15, -0.1) is 0 Å². The number of amides is 3. The number of methoxy groups -OCH3 is 1. The largest absolute Gasteiger partial charge is 0.375 e. The Morgan fingerprint density at radius 2 is 1.86 bits per heavy atom. The van der Waals surface area contributed by atoms with Gasteiger partial charge >= 0.3 is 6.03 Å².